The van der Waals surface area contributed by atoms with Crippen LogP contribution in [0.25, 0.3) is 16.7 Å². The van der Waals surface area contributed by atoms with Gasteiger partial charge in [0.1, 0.15) is 12.0 Å². The minimum absolute atomic E-state index is 0.0523. The molecule has 0 fully saturated rings. The number of benzene rings is 2. The van der Waals surface area contributed by atoms with Gasteiger partial charge in [0.05, 0.1) is 17.3 Å². The van der Waals surface area contributed by atoms with Gasteiger partial charge in [-0.2, -0.15) is 0 Å². The fourth-order valence-electron chi connectivity index (χ4n) is 3.72. The van der Waals surface area contributed by atoms with E-state index in [0.717, 1.165) is 11.1 Å². The molecule has 0 aliphatic carbocycles. The van der Waals surface area contributed by atoms with Crippen LogP contribution in [-0.4, -0.2) is 49.2 Å². The summed E-state index contributed by atoms with van der Waals surface area (Å²) in [6, 6.07) is 14.6. The van der Waals surface area contributed by atoms with E-state index in [-0.39, 0.29) is 12.0 Å². The topological polar surface area (TPSA) is 92.7 Å². The normalized spacial score (nSPS) is 13.8. The van der Waals surface area contributed by atoms with Crippen molar-refractivity contribution in [3.63, 3.8) is 0 Å². The lowest BCUT2D eigenvalue weighted by atomic mass is 9.97. The molecule has 29 heavy (non-hydrogen) atoms. The Balaban J connectivity index is 2.02. The Morgan fingerprint density at radius 3 is 2.48 bits per heavy atom. The van der Waals surface area contributed by atoms with Gasteiger partial charge in [-0.05, 0) is 44.3 Å². The molecule has 8 nitrogen and oxygen atoms in total. The molecule has 2 aromatic carbocycles. The largest absolute Gasteiger partial charge is 0.481 e. The van der Waals surface area contributed by atoms with Gasteiger partial charge in [-0.25, -0.2) is 0 Å². The lowest BCUT2D eigenvalue weighted by molar-refractivity contribution is -0.136. The van der Waals surface area contributed by atoms with E-state index in [1.165, 1.54) is 0 Å². The maximum Gasteiger partial charge on any atom is 0.307 e. The second-order valence-electron chi connectivity index (χ2n) is 7.34. The molecule has 4 rings (SSSR count). The Bertz CT molecular complexity index is 1270. The first kappa shape index (κ1) is 18.8. The van der Waals surface area contributed by atoms with Crippen molar-refractivity contribution in [2.24, 2.45) is 0 Å². The molecular formula is C21H21N5O3. The monoisotopic (exact) mass is 391 g/mol. The predicted molar refractivity (Wildman–Crippen MR) is 109 cm³/mol. The van der Waals surface area contributed by atoms with Crippen LogP contribution in [0, 0.1) is 0 Å². The average molecular weight is 391 g/mol. The summed E-state index contributed by atoms with van der Waals surface area (Å²) >= 11 is 0. The summed E-state index contributed by atoms with van der Waals surface area (Å²) in [4.78, 5) is 26.5. The van der Waals surface area contributed by atoms with Gasteiger partial charge in [0, 0.05) is 0 Å². The maximum absolute atomic E-state index is 13.6. The number of hydrogen-bond donors (Lipinski definition) is 1. The minimum atomic E-state index is -0.885. The van der Waals surface area contributed by atoms with Crippen LogP contribution in [0.5, 0.6) is 0 Å². The second-order valence-corrected chi connectivity index (χ2v) is 7.34. The first-order valence-corrected chi connectivity index (χ1v) is 9.16. The lowest BCUT2D eigenvalue weighted by Gasteiger charge is -2.39. The highest BCUT2D eigenvalue weighted by Crippen LogP contribution is 2.30. The summed E-state index contributed by atoms with van der Waals surface area (Å²) in [7, 11) is 3.78. The Labute approximate surface area is 166 Å². The number of rotatable bonds is 5. The molecule has 0 aliphatic rings. The van der Waals surface area contributed by atoms with E-state index < -0.39 is 11.6 Å². The van der Waals surface area contributed by atoms with Gasteiger partial charge in [-0.1, -0.05) is 36.4 Å². The number of hydrogen-bond acceptors (Lipinski definition) is 5. The smallest absolute Gasteiger partial charge is 0.307 e. The molecule has 2 heterocycles. The first-order chi connectivity index (χ1) is 13.8. The molecule has 4 aromatic rings. The fourth-order valence-corrected chi connectivity index (χ4v) is 3.72. The highest BCUT2D eigenvalue weighted by molar-refractivity contribution is 5.80. The third-order valence-corrected chi connectivity index (χ3v) is 5.49. The number of aromatic nitrogens is 4. The van der Waals surface area contributed by atoms with Crippen molar-refractivity contribution in [1.29, 1.82) is 0 Å². The number of fused-ring (bicyclic) bond motifs is 3. The predicted octanol–water partition coefficient (Wildman–Crippen LogP) is 1.95. The molecule has 0 saturated carbocycles. The Kier molecular flexibility index (Phi) is 4.43. The van der Waals surface area contributed by atoms with E-state index >= 15 is 0 Å². The van der Waals surface area contributed by atoms with Gasteiger partial charge in [-0.15, -0.1) is 10.2 Å². The third-order valence-electron chi connectivity index (χ3n) is 5.49. The molecule has 8 heteroatoms. The molecular weight excluding hydrogens is 370 g/mol. The summed E-state index contributed by atoms with van der Waals surface area (Å²) in [5, 5.41) is 17.9. The number of para-hydroxylation sites is 1. The molecule has 0 radical (unpaired) electrons. The van der Waals surface area contributed by atoms with Gasteiger partial charge in [0.2, 0.25) is 5.78 Å². The molecule has 0 saturated heterocycles. The molecule has 1 N–H and O–H groups in total. The minimum Gasteiger partial charge on any atom is -0.481 e. The average Bonchev–Trinajstić information content (AvgIpc) is 3.17. The molecule has 0 amide bonds. The van der Waals surface area contributed by atoms with Crippen molar-refractivity contribution in [3.8, 4) is 0 Å². The first-order valence-electron chi connectivity index (χ1n) is 9.16. The van der Waals surface area contributed by atoms with E-state index in [1.54, 1.807) is 33.5 Å². The van der Waals surface area contributed by atoms with Gasteiger partial charge in [0.25, 0.3) is 5.56 Å². The Hall–Kier alpha value is -3.52. The SMILES string of the molecule is CN(C)C(C)(c1ccc(CC(=O)O)cc1)n1c(=O)c2ccccc2n2cnnc12. The number of nitrogens with zero attached hydrogens (tertiary/aromatic N) is 5. The van der Waals surface area contributed by atoms with Crippen LogP contribution in [0.2, 0.25) is 0 Å². The second kappa shape index (κ2) is 6.82. The van der Waals surface area contributed by atoms with E-state index in [1.807, 2.05) is 56.3 Å². The summed E-state index contributed by atoms with van der Waals surface area (Å²) in [6.07, 6.45) is 1.54. The van der Waals surface area contributed by atoms with Crippen molar-refractivity contribution in [2.45, 2.75) is 19.0 Å². The highest BCUT2D eigenvalue weighted by atomic mass is 16.4. The van der Waals surface area contributed by atoms with Crippen LogP contribution in [-0.2, 0) is 16.9 Å². The third kappa shape index (κ3) is 2.89. The lowest BCUT2D eigenvalue weighted by Crippen LogP contribution is -2.50. The molecule has 148 valence electrons. The van der Waals surface area contributed by atoms with Crippen LogP contribution < -0.4 is 5.56 Å². The zero-order valence-corrected chi connectivity index (χ0v) is 16.4. The number of carbonyl (C=O) groups is 1. The highest BCUT2D eigenvalue weighted by Gasteiger charge is 2.35. The Morgan fingerprint density at radius 2 is 1.83 bits per heavy atom. The van der Waals surface area contributed by atoms with Crippen LogP contribution in [0.15, 0.2) is 59.7 Å². The van der Waals surface area contributed by atoms with E-state index in [0.29, 0.717) is 16.7 Å². The number of carboxylic acid groups (broad SMARTS) is 1. The van der Waals surface area contributed by atoms with Crippen LogP contribution in [0.1, 0.15) is 18.1 Å². The van der Waals surface area contributed by atoms with E-state index in [9.17, 15) is 9.59 Å². The zero-order valence-electron chi connectivity index (χ0n) is 16.4. The molecule has 1 unspecified atom stereocenters. The van der Waals surface area contributed by atoms with E-state index in [4.69, 9.17) is 5.11 Å². The Morgan fingerprint density at radius 1 is 1.14 bits per heavy atom. The van der Waals surface area contributed by atoms with Crippen molar-refractivity contribution < 1.29 is 9.90 Å². The quantitative estimate of drug-likeness (QED) is 0.559. The fraction of sp³-hybridized carbons (Fsp3) is 0.238. The number of carboxylic acids is 1. The molecule has 2 aromatic heterocycles. The van der Waals surface area contributed by atoms with Gasteiger partial charge >= 0.3 is 5.97 Å². The van der Waals surface area contributed by atoms with Crippen molar-refractivity contribution in [1.82, 2.24) is 24.1 Å². The van der Waals surface area contributed by atoms with Gasteiger partial charge in [0.15, 0.2) is 0 Å². The zero-order chi connectivity index (χ0) is 20.8. The van der Waals surface area contributed by atoms with E-state index in [2.05, 4.69) is 10.2 Å². The molecule has 1 atom stereocenters. The maximum atomic E-state index is 13.6. The summed E-state index contributed by atoms with van der Waals surface area (Å²) < 4.78 is 3.44. The van der Waals surface area contributed by atoms with Gasteiger partial charge < -0.3 is 5.11 Å². The van der Waals surface area contributed by atoms with Crippen LogP contribution in [0.4, 0.5) is 0 Å². The van der Waals surface area contributed by atoms with Gasteiger partial charge in [-0.3, -0.25) is 23.5 Å². The number of aliphatic carboxylic acids is 1. The van der Waals surface area contributed by atoms with Crippen LogP contribution >= 0.6 is 0 Å². The van der Waals surface area contributed by atoms with Crippen molar-refractivity contribution in [2.75, 3.05) is 14.1 Å². The summed E-state index contributed by atoms with van der Waals surface area (Å²) in [5.74, 6) is -0.455. The molecule has 0 bridgehead atoms. The molecule has 0 aliphatic heterocycles. The summed E-state index contributed by atoms with van der Waals surface area (Å²) in [5.41, 5.74) is 1.22. The standard InChI is InChI=1S/C21H21N5O3/c1-21(24(2)3,15-10-8-14(9-11-15)12-18(27)28)26-19(29)16-6-4-5-7-17(16)25-13-22-23-20(25)26/h4-11,13H,12H2,1-3H3,(H,27,28). The summed E-state index contributed by atoms with van der Waals surface area (Å²) in [6.45, 7) is 1.93. The van der Waals surface area contributed by atoms with Crippen molar-refractivity contribution in [3.05, 3.63) is 76.3 Å². The molecule has 0 spiro atoms. The van der Waals surface area contributed by atoms with Crippen molar-refractivity contribution >= 4 is 22.6 Å². The van der Waals surface area contributed by atoms with Crippen LogP contribution in [0.3, 0.4) is 0 Å².